The van der Waals surface area contributed by atoms with Crippen LogP contribution in [0.5, 0.6) is 5.75 Å². The molecule has 1 aliphatic heterocycles. The van der Waals surface area contributed by atoms with Gasteiger partial charge in [-0.25, -0.2) is 4.98 Å². The molecule has 28 heavy (non-hydrogen) atoms. The Labute approximate surface area is 176 Å². The van der Waals surface area contributed by atoms with Crippen LogP contribution in [0.1, 0.15) is 39.5 Å². The third-order valence-electron chi connectivity index (χ3n) is 4.84. The Hall–Kier alpha value is -1.47. The molecule has 1 N–H and O–H groups in total. The second-order valence-corrected chi connectivity index (χ2v) is 9.33. The summed E-state index contributed by atoms with van der Waals surface area (Å²) in [5, 5.41) is 4.15. The van der Waals surface area contributed by atoms with Crippen molar-refractivity contribution in [3.05, 3.63) is 18.2 Å². The van der Waals surface area contributed by atoms with Crippen LogP contribution >= 0.6 is 23.1 Å². The van der Waals surface area contributed by atoms with Gasteiger partial charge in [-0.2, -0.15) is 11.8 Å². The number of carbonyl (C=O) groups is 1. The van der Waals surface area contributed by atoms with E-state index >= 15 is 0 Å². The third-order valence-corrected chi connectivity index (χ3v) is 7.19. The summed E-state index contributed by atoms with van der Waals surface area (Å²) in [5.74, 6) is 3.48. The molecule has 2 aromatic rings. The predicted molar refractivity (Wildman–Crippen MR) is 121 cm³/mol. The van der Waals surface area contributed by atoms with E-state index in [1.165, 1.54) is 12.2 Å². The second kappa shape index (κ2) is 10.9. The van der Waals surface area contributed by atoms with Gasteiger partial charge in [0.25, 0.3) is 0 Å². The number of rotatable bonds is 10. The zero-order valence-corrected chi connectivity index (χ0v) is 18.5. The quantitative estimate of drug-likeness (QED) is 0.570. The normalized spacial score (nSPS) is 17.1. The van der Waals surface area contributed by atoms with Crippen LogP contribution in [-0.2, 0) is 4.79 Å². The smallest absolute Gasteiger partial charge is 0.224 e. The van der Waals surface area contributed by atoms with Crippen molar-refractivity contribution >= 4 is 44.4 Å². The summed E-state index contributed by atoms with van der Waals surface area (Å²) < 4.78 is 6.73. The monoisotopic (exact) mass is 421 g/mol. The Morgan fingerprint density at radius 2 is 2.29 bits per heavy atom. The van der Waals surface area contributed by atoms with Gasteiger partial charge in [0.05, 0.1) is 22.7 Å². The number of fused-ring (bicyclic) bond motifs is 1. The first kappa shape index (κ1) is 21.2. The van der Waals surface area contributed by atoms with E-state index in [2.05, 4.69) is 23.2 Å². The molecule has 1 fully saturated rings. The van der Waals surface area contributed by atoms with Gasteiger partial charge in [-0.1, -0.05) is 18.3 Å². The van der Waals surface area contributed by atoms with Gasteiger partial charge in [0.15, 0.2) is 5.13 Å². The Bertz CT molecular complexity index is 765. The van der Waals surface area contributed by atoms with Crippen molar-refractivity contribution in [2.24, 2.45) is 5.92 Å². The number of benzene rings is 1. The van der Waals surface area contributed by atoms with Gasteiger partial charge in [0, 0.05) is 19.6 Å². The topological polar surface area (TPSA) is 54.5 Å². The highest BCUT2D eigenvalue weighted by Crippen LogP contribution is 2.33. The first-order valence-corrected chi connectivity index (χ1v) is 12.3. The lowest BCUT2D eigenvalue weighted by Gasteiger charge is -2.31. The molecule has 154 valence electrons. The van der Waals surface area contributed by atoms with Crippen LogP contribution in [0.2, 0.25) is 0 Å². The van der Waals surface area contributed by atoms with Crippen molar-refractivity contribution < 1.29 is 9.53 Å². The van der Waals surface area contributed by atoms with E-state index in [0.717, 1.165) is 65.7 Å². The molecule has 1 amide bonds. The molecule has 0 saturated carbocycles. The maximum Gasteiger partial charge on any atom is 0.224 e. The van der Waals surface area contributed by atoms with E-state index in [1.807, 2.05) is 30.8 Å². The summed E-state index contributed by atoms with van der Waals surface area (Å²) in [6, 6.07) is 6.05. The molecule has 2 heterocycles. The summed E-state index contributed by atoms with van der Waals surface area (Å²) in [5.41, 5.74) is 1.000. The van der Waals surface area contributed by atoms with E-state index in [9.17, 15) is 4.79 Å². The molecule has 5 nitrogen and oxygen atoms in total. The summed E-state index contributed by atoms with van der Waals surface area (Å²) >= 11 is 3.66. The first-order valence-electron chi connectivity index (χ1n) is 10.3. The van der Waals surface area contributed by atoms with Crippen molar-refractivity contribution in [3.8, 4) is 5.75 Å². The molecule has 1 atom stereocenters. The van der Waals surface area contributed by atoms with Crippen molar-refractivity contribution in [3.63, 3.8) is 0 Å². The van der Waals surface area contributed by atoms with Crippen molar-refractivity contribution in [1.82, 2.24) is 10.3 Å². The Morgan fingerprint density at radius 3 is 3.11 bits per heavy atom. The van der Waals surface area contributed by atoms with Crippen molar-refractivity contribution in [1.29, 1.82) is 0 Å². The lowest BCUT2D eigenvalue weighted by Crippen LogP contribution is -2.43. The number of nitrogens with zero attached hydrogens (tertiary/aromatic N) is 2. The minimum absolute atomic E-state index is 0.0584. The number of aromatic nitrogens is 1. The van der Waals surface area contributed by atoms with Crippen LogP contribution < -0.4 is 15.0 Å². The van der Waals surface area contributed by atoms with Crippen LogP contribution in [0.25, 0.3) is 10.2 Å². The fraction of sp³-hybridized carbons (Fsp3) is 0.619. The number of nitrogens with one attached hydrogen (secondary N) is 1. The van der Waals surface area contributed by atoms with Crippen LogP contribution in [0.3, 0.4) is 0 Å². The maximum atomic E-state index is 12.6. The Balaban J connectivity index is 1.54. The van der Waals surface area contributed by atoms with Gasteiger partial charge in [0.2, 0.25) is 5.91 Å². The number of anilines is 1. The standard InChI is InChI=1S/C21H31N3O2S2/c1-3-12-27-13-6-10-22-20(25)16-7-5-11-24(15-16)21-23-18-9-8-17(26-4-2)14-19(18)28-21/h8-9,14,16H,3-7,10-13,15H2,1-2H3,(H,22,25)/t16-/m0/s1. The van der Waals surface area contributed by atoms with Gasteiger partial charge in [-0.15, -0.1) is 0 Å². The fourth-order valence-corrected chi connectivity index (χ4v) is 5.30. The van der Waals surface area contributed by atoms with Crippen LogP contribution in [0, 0.1) is 5.92 Å². The fourth-order valence-electron chi connectivity index (χ4n) is 3.43. The first-order chi connectivity index (χ1) is 13.7. The average Bonchev–Trinajstić information content (AvgIpc) is 3.14. The van der Waals surface area contributed by atoms with E-state index in [0.29, 0.717) is 6.61 Å². The highest BCUT2D eigenvalue weighted by molar-refractivity contribution is 7.99. The molecule has 1 aromatic carbocycles. The van der Waals surface area contributed by atoms with Gasteiger partial charge in [0.1, 0.15) is 5.75 Å². The van der Waals surface area contributed by atoms with Crippen molar-refractivity contribution in [2.45, 2.75) is 39.5 Å². The number of piperidine rings is 1. The average molecular weight is 422 g/mol. The number of carbonyl (C=O) groups excluding carboxylic acids is 1. The minimum Gasteiger partial charge on any atom is -0.494 e. The predicted octanol–water partition coefficient (Wildman–Crippen LogP) is 4.56. The van der Waals surface area contributed by atoms with Gasteiger partial charge >= 0.3 is 0 Å². The number of hydrogen-bond acceptors (Lipinski definition) is 6. The maximum absolute atomic E-state index is 12.6. The third kappa shape index (κ3) is 5.77. The van der Waals surface area contributed by atoms with Crippen LogP contribution in [0.15, 0.2) is 18.2 Å². The van der Waals surface area contributed by atoms with E-state index in [4.69, 9.17) is 9.72 Å². The largest absolute Gasteiger partial charge is 0.494 e. The summed E-state index contributed by atoms with van der Waals surface area (Å²) in [4.78, 5) is 19.6. The molecule has 0 spiro atoms. The van der Waals surface area contributed by atoms with Crippen LogP contribution in [-0.4, -0.2) is 48.6 Å². The molecule has 0 unspecified atom stereocenters. The molecule has 1 aliphatic rings. The van der Waals surface area contributed by atoms with E-state index in [1.54, 1.807) is 11.3 Å². The summed E-state index contributed by atoms with van der Waals surface area (Å²) in [7, 11) is 0. The minimum atomic E-state index is 0.0584. The molecule has 0 bridgehead atoms. The number of thiazole rings is 1. The zero-order valence-electron chi connectivity index (χ0n) is 16.9. The van der Waals surface area contributed by atoms with E-state index < -0.39 is 0 Å². The molecular formula is C21H31N3O2S2. The van der Waals surface area contributed by atoms with Crippen LogP contribution in [0.4, 0.5) is 5.13 Å². The molecular weight excluding hydrogens is 390 g/mol. The SMILES string of the molecule is CCCSCCCNC(=O)[C@H]1CCCN(c2nc3ccc(OCC)cc3s2)C1. The second-order valence-electron chi connectivity index (χ2n) is 7.10. The molecule has 7 heteroatoms. The van der Waals surface area contributed by atoms with Crippen molar-refractivity contribution in [2.75, 3.05) is 42.6 Å². The lowest BCUT2D eigenvalue weighted by atomic mass is 9.97. The lowest BCUT2D eigenvalue weighted by molar-refractivity contribution is -0.125. The van der Waals surface area contributed by atoms with Gasteiger partial charge in [-0.3, -0.25) is 4.79 Å². The molecule has 0 radical (unpaired) electrons. The van der Waals surface area contributed by atoms with Gasteiger partial charge < -0.3 is 15.0 Å². The molecule has 1 aromatic heterocycles. The Kier molecular flexibility index (Phi) is 8.27. The Morgan fingerprint density at radius 1 is 1.39 bits per heavy atom. The van der Waals surface area contributed by atoms with Gasteiger partial charge in [-0.05, 0) is 62.3 Å². The molecule has 1 saturated heterocycles. The number of amides is 1. The number of ether oxygens (including phenoxy) is 1. The van der Waals surface area contributed by atoms with E-state index in [-0.39, 0.29) is 11.8 Å². The number of thioether (sulfide) groups is 1. The zero-order chi connectivity index (χ0) is 19.8. The number of hydrogen-bond donors (Lipinski definition) is 1. The highest BCUT2D eigenvalue weighted by atomic mass is 32.2. The highest BCUT2D eigenvalue weighted by Gasteiger charge is 2.27. The molecule has 3 rings (SSSR count). The molecule has 0 aliphatic carbocycles. The summed E-state index contributed by atoms with van der Waals surface area (Å²) in [6.45, 7) is 7.37. The summed E-state index contributed by atoms with van der Waals surface area (Å²) in [6.07, 6.45) is 4.26.